The number of hydrogen-bond donors (Lipinski definition) is 3. The minimum atomic E-state index is -0.270. The smallest absolute Gasteiger partial charge is 0.223 e. The quantitative estimate of drug-likeness (QED) is 0.773. The topological polar surface area (TPSA) is 93.1 Å². The van der Waals surface area contributed by atoms with Crippen LogP contribution in [0.4, 0.5) is 22.0 Å². The highest BCUT2D eigenvalue weighted by atomic mass is 19.1. The highest BCUT2D eigenvalue weighted by molar-refractivity contribution is 5.62. The lowest BCUT2D eigenvalue weighted by Gasteiger charge is -2.41. The monoisotopic (exact) mass is 302 g/mol. The molecule has 0 unspecified atom stereocenters. The van der Waals surface area contributed by atoms with Crippen molar-refractivity contribution < 1.29 is 4.39 Å². The molecule has 1 aliphatic heterocycles. The first-order valence-corrected chi connectivity index (χ1v) is 7.15. The van der Waals surface area contributed by atoms with Crippen molar-refractivity contribution in [3.63, 3.8) is 0 Å². The zero-order valence-electron chi connectivity index (χ0n) is 12.4. The summed E-state index contributed by atoms with van der Waals surface area (Å²) >= 11 is 0. The van der Waals surface area contributed by atoms with E-state index in [1.807, 2.05) is 13.1 Å². The number of anilines is 3. The fourth-order valence-electron chi connectivity index (χ4n) is 2.62. The number of benzene rings is 1. The zero-order valence-corrected chi connectivity index (χ0v) is 12.4. The van der Waals surface area contributed by atoms with Crippen molar-refractivity contribution in [3.8, 4) is 0 Å². The number of nitrogens with one attached hydrogen (secondary N) is 1. The van der Waals surface area contributed by atoms with Crippen LogP contribution < -0.4 is 21.7 Å². The number of nitrogens with zero attached hydrogens (tertiary/aromatic N) is 3. The van der Waals surface area contributed by atoms with E-state index in [-0.39, 0.29) is 11.8 Å². The van der Waals surface area contributed by atoms with Gasteiger partial charge in [0.1, 0.15) is 17.5 Å². The van der Waals surface area contributed by atoms with Crippen molar-refractivity contribution in [1.29, 1.82) is 0 Å². The Morgan fingerprint density at radius 2 is 2.09 bits per heavy atom. The fraction of sp³-hybridized carbons (Fsp3) is 0.333. The van der Waals surface area contributed by atoms with Crippen LogP contribution in [0, 0.1) is 5.82 Å². The molecule has 0 radical (unpaired) electrons. The molecule has 116 valence electrons. The lowest BCUT2D eigenvalue weighted by Crippen LogP contribution is -2.57. The van der Waals surface area contributed by atoms with E-state index in [2.05, 4.69) is 20.2 Å². The van der Waals surface area contributed by atoms with Crippen LogP contribution in [-0.4, -0.2) is 36.1 Å². The standard InChI is InChI=1S/C15H19FN6/c1-19-11-7-22(8-11)14-12(13(17)20-15(18)21-14)6-9-3-2-4-10(16)5-9/h2-5,11,19H,6-8H2,1H3,(H4,17,18,20,21). The minimum Gasteiger partial charge on any atom is -0.383 e. The number of nitrogen functional groups attached to an aromatic ring is 2. The van der Waals surface area contributed by atoms with Gasteiger partial charge in [-0.05, 0) is 24.7 Å². The number of rotatable bonds is 4. The molecule has 1 aliphatic rings. The van der Waals surface area contributed by atoms with E-state index < -0.39 is 0 Å². The number of likely N-dealkylation sites (N-methyl/N-ethyl adjacent to an activating group) is 1. The van der Waals surface area contributed by atoms with Gasteiger partial charge in [-0.3, -0.25) is 0 Å². The first-order valence-electron chi connectivity index (χ1n) is 7.15. The summed E-state index contributed by atoms with van der Waals surface area (Å²) in [7, 11) is 1.93. The molecule has 22 heavy (non-hydrogen) atoms. The van der Waals surface area contributed by atoms with Gasteiger partial charge >= 0.3 is 0 Å². The molecule has 1 aromatic heterocycles. The van der Waals surface area contributed by atoms with Gasteiger partial charge in [-0.1, -0.05) is 12.1 Å². The van der Waals surface area contributed by atoms with E-state index in [0.29, 0.717) is 18.3 Å². The molecule has 1 aromatic carbocycles. The molecule has 6 nitrogen and oxygen atoms in total. The SMILES string of the molecule is CNC1CN(c2nc(N)nc(N)c2Cc2cccc(F)c2)C1. The van der Waals surface area contributed by atoms with E-state index in [9.17, 15) is 4.39 Å². The Bertz CT molecular complexity index is 684. The van der Waals surface area contributed by atoms with Gasteiger partial charge in [0.15, 0.2) is 0 Å². The zero-order chi connectivity index (χ0) is 15.7. The molecule has 0 saturated carbocycles. The first-order chi connectivity index (χ1) is 10.6. The summed E-state index contributed by atoms with van der Waals surface area (Å²) in [6.45, 7) is 1.67. The lowest BCUT2D eigenvalue weighted by molar-refractivity contribution is 0.446. The van der Waals surface area contributed by atoms with Crippen molar-refractivity contribution in [1.82, 2.24) is 15.3 Å². The second-order valence-corrected chi connectivity index (χ2v) is 5.47. The normalized spacial score (nSPS) is 14.9. The van der Waals surface area contributed by atoms with Crippen LogP contribution in [0.2, 0.25) is 0 Å². The average molecular weight is 302 g/mol. The maximum absolute atomic E-state index is 13.4. The van der Waals surface area contributed by atoms with E-state index in [0.717, 1.165) is 30.0 Å². The summed E-state index contributed by atoms with van der Waals surface area (Å²) in [4.78, 5) is 10.5. The summed E-state index contributed by atoms with van der Waals surface area (Å²) < 4.78 is 13.4. The maximum atomic E-state index is 13.4. The average Bonchev–Trinajstić information content (AvgIpc) is 2.41. The number of hydrogen-bond acceptors (Lipinski definition) is 6. The molecule has 1 saturated heterocycles. The Kier molecular flexibility index (Phi) is 3.81. The van der Waals surface area contributed by atoms with Crippen LogP contribution in [0.15, 0.2) is 24.3 Å². The first kappa shape index (κ1) is 14.5. The largest absolute Gasteiger partial charge is 0.383 e. The third kappa shape index (κ3) is 2.80. The molecular formula is C15H19FN6. The second kappa shape index (κ2) is 5.76. The number of halogens is 1. The Morgan fingerprint density at radius 3 is 2.77 bits per heavy atom. The molecular weight excluding hydrogens is 283 g/mol. The molecule has 1 fully saturated rings. The van der Waals surface area contributed by atoms with Gasteiger partial charge in [0.05, 0.1) is 0 Å². The van der Waals surface area contributed by atoms with Gasteiger partial charge in [-0.25, -0.2) is 4.39 Å². The Hall–Kier alpha value is -2.41. The van der Waals surface area contributed by atoms with Crippen molar-refractivity contribution in [2.24, 2.45) is 0 Å². The van der Waals surface area contributed by atoms with E-state index in [1.165, 1.54) is 12.1 Å². The molecule has 0 atom stereocenters. The molecule has 0 bridgehead atoms. The van der Waals surface area contributed by atoms with Crippen molar-refractivity contribution in [2.45, 2.75) is 12.5 Å². The summed E-state index contributed by atoms with van der Waals surface area (Å²) in [5, 5.41) is 3.21. The van der Waals surface area contributed by atoms with Crippen LogP contribution in [0.1, 0.15) is 11.1 Å². The van der Waals surface area contributed by atoms with E-state index in [4.69, 9.17) is 11.5 Å². The minimum absolute atomic E-state index is 0.156. The maximum Gasteiger partial charge on any atom is 0.223 e. The van der Waals surface area contributed by atoms with Crippen LogP contribution in [0.25, 0.3) is 0 Å². The molecule has 0 amide bonds. The third-order valence-corrected chi connectivity index (χ3v) is 3.89. The van der Waals surface area contributed by atoms with Gasteiger partial charge in [0.2, 0.25) is 5.95 Å². The molecule has 0 spiro atoms. The number of nitrogens with two attached hydrogens (primary N) is 2. The predicted octanol–water partition coefficient (Wildman–Crippen LogP) is 0.779. The molecule has 2 aromatic rings. The molecule has 5 N–H and O–H groups in total. The Labute approximate surface area is 128 Å². The predicted molar refractivity (Wildman–Crippen MR) is 85.1 cm³/mol. The van der Waals surface area contributed by atoms with Gasteiger partial charge < -0.3 is 21.7 Å². The van der Waals surface area contributed by atoms with Gasteiger partial charge in [0, 0.05) is 31.1 Å². The molecule has 2 heterocycles. The highest BCUT2D eigenvalue weighted by Gasteiger charge is 2.29. The molecule has 0 aliphatic carbocycles. The second-order valence-electron chi connectivity index (χ2n) is 5.47. The van der Waals surface area contributed by atoms with Gasteiger partial charge in [-0.2, -0.15) is 9.97 Å². The summed E-state index contributed by atoms with van der Waals surface area (Å²) in [5.74, 6) is 0.969. The summed E-state index contributed by atoms with van der Waals surface area (Å²) in [6.07, 6.45) is 0.472. The summed E-state index contributed by atoms with van der Waals surface area (Å²) in [5.41, 5.74) is 13.4. The lowest BCUT2D eigenvalue weighted by atomic mass is 10.0. The third-order valence-electron chi connectivity index (χ3n) is 3.89. The van der Waals surface area contributed by atoms with E-state index in [1.54, 1.807) is 6.07 Å². The number of aromatic nitrogens is 2. The van der Waals surface area contributed by atoms with Crippen LogP contribution in [-0.2, 0) is 6.42 Å². The summed E-state index contributed by atoms with van der Waals surface area (Å²) in [6, 6.07) is 6.88. The molecule has 7 heteroatoms. The van der Waals surface area contributed by atoms with Gasteiger partial charge in [-0.15, -0.1) is 0 Å². The van der Waals surface area contributed by atoms with Crippen molar-refractivity contribution in [2.75, 3.05) is 36.5 Å². The van der Waals surface area contributed by atoms with Crippen LogP contribution in [0.5, 0.6) is 0 Å². The van der Waals surface area contributed by atoms with Crippen LogP contribution >= 0.6 is 0 Å². The highest BCUT2D eigenvalue weighted by Crippen LogP contribution is 2.29. The van der Waals surface area contributed by atoms with E-state index >= 15 is 0 Å². The van der Waals surface area contributed by atoms with Crippen molar-refractivity contribution >= 4 is 17.6 Å². The molecule has 3 rings (SSSR count). The Balaban J connectivity index is 1.92. The Morgan fingerprint density at radius 1 is 1.32 bits per heavy atom. The van der Waals surface area contributed by atoms with Crippen molar-refractivity contribution in [3.05, 3.63) is 41.2 Å². The van der Waals surface area contributed by atoms with Gasteiger partial charge in [0.25, 0.3) is 0 Å². The van der Waals surface area contributed by atoms with Crippen LogP contribution in [0.3, 0.4) is 0 Å². The fourth-order valence-corrected chi connectivity index (χ4v) is 2.62.